The monoisotopic (exact) mass is 190 g/mol. The van der Waals surface area contributed by atoms with Gasteiger partial charge >= 0.3 is 5.97 Å². The van der Waals surface area contributed by atoms with Gasteiger partial charge in [0.15, 0.2) is 0 Å². The normalized spacial score (nSPS) is 17.8. The molecule has 12 heavy (non-hydrogen) atoms. The number of carbonyl (C=O) groups excluding carboxylic acids is 1. The summed E-state index contributed by atoms with van der Waals surface area (Å²) in [6.07, 6.45) is 0.239. The van der Waals surface area contributed by atoms with E-state index >= 15 is 0 Å². The van der Waals surface area contributed by atoms with Gasteiger partial charge in [0.05, 0.1) is 13.2 Å². The largest absolute Gasteiger partial charge is 0.478 e. The van der Waals surface area contributed by atoms with Crippen molar-refractivity contribution < 1.29 is 19.4 Å². The summed E-state index contributed by atoms with van der Waals surface area (Å²) in [6, 6.07) is 0. The molecule has 0 saturated heterocycles. The number of rotatable bonds is 2. The van der Waals surface area contributed by atoms with Crippen LogP contribution in [0.25, 0.3) is 0 Å². The van der Waals surface area contributed by atoms with Gasteiger partial charge in [-0.3, -0.25) is 4.79 Å². The SMILES string of the molecule is O=C(O)C1=C(C(=O)Cl)COCC1. The van der Waals surface area contributed by atoms with E-state index in [4.69, 9.17) is 21.4 Å². The lowest BCUT2D eigenvalue weighted by atomic mass is 10.1. The highest BCUT2D eigenvalue weighted by molar-refractivity contribution is 6.68. The van der Waals surface area contributed by atoms with Crippen LogP contribution in [0.4, 0.5) is 0 Å². The highest BCUT2D eigenvalue weighted by Crippen LogP contribution is 2.17. The predicted molar refractivity (Wildman–Crippen MR) is 41.0 cm³/mol. The first-order valence-corrected chi connectivity index (χ1v) is 3.73. The molecule has 66 valence electrons. The maximum Gasteiger partial charge on any atom is 0.332 e. The number of carboxylic acids is 1. The molecule has 0 fully saturated rings. The Bertz CT molecular complexity index is 230. The number of carboxylic acid groups (broad SMARTS) is 1. The minimum atomic E-state index is -1.10. The Morgan fingerprint density at radius 1 is 1.42 bits per heavy atom. The summed E-state index contributed by atoms with van der Waals surface area (Å²) in [5, 5.41) is 7.89. The third kappa shape index (κ3) is 1.84. The number of halogens is 1. The summed E-state index contributed by atoms with van der Waals surface area (Å²) in [4.78, 5) is 21.2. The molecule has 5 heteroatoms. The summed E-state index contributed by atoms with van der Waals surface area (Å²) in [7, 11) is 0. The second-order valence-corrected chi connectivity index (χ2v) is 2.68. The minimum Gasteiger partial charge on any atom is -0.478 e. The lowest BCUT2D eigenvalue weighted by Gasteiger charge is -2.14. The Kier molecular flexibility index (Phi) is 2.83. The van der Waals surface area contributed by atoms with Crippen LogP contribution in [-0.2, 0) is 14.3 Å². The van der Waals surface area contributed by atoms with E-state index in [-0.39, 0.29) is 24.2 Å². The van der Waals surface area contributed by atoms with Crippen molar-refractivity contribution in [2.75, 3.05) is 13.2 Å². The van der Waals surface area contributed by atoms with Crippen LogP contribution < -0.4 is 0 Å². The summed E-state index contributed by atoms with van der Waals surface area (Å²) < 4.78 is 4.90. The van der Waals surface area contributed by atoms with Crippen LogP contribution in [0.5, 0.6) is 0 Å². The number of hydrogen-bond acceptors (Lipinski definition) is 3. The average Bonchev–Trinajstić information content (AvgIpc) is 2.04. The fourth-order valence-electron chi connectivity index (χ4n) is 0.998. The second kappa shape index (κ2) is 3.69. The van der Waals surface area contributed by atoms with Crippen LogP contribution in [0.15, 0.2) is 11.1 Å². The molecule has 0 bridgehead atoms. The lowest BCUT2D eigenvalue weighted by molar-refractivity contribution is -0.133. The Balaban J connectivity index is 2.99. The van der Waals surface area contributed by atoms with Crippen LogP contribution in [0, 0.1) is 0 Å². The molecule has 0 aliphatic carbocycles. The van der Waals surface area contributed by atoms with Gasteiger partial charge in [-0.1, -0.05) is 0 Å². The number of hydrogen-bond donors (Lipinski definition) is 1. The Morgan fingerprint density at radius 2 is 2.08 bits per heavy atom. The van der Waals surface area contributed by atoms with Crippen LogP contribution in [-0.4, -0.2) is 29.5 Å². The quantitative estimate of drug-likeness (QED) is 0.646. The standard InChI is InChI=1S/C7H7ClO4/c8-6(9)5-3-12-2-1-4(5)7(10)11/h1-3H2,(H,10,11). The maximum atomic E-state index is 10.7. The third-order valence-electron chi connectivity index (χ3n) is 1.60. The first-order chi connectivity index (χ1) is 5.63. The number of ether oxygens (including phenoxy) is 1. The van der Waals surface area contributed by atoms with Gasteiger partial charge in [-0.2, -0.15) is 0 Å². The molecule has 0 aromatic rings. The van der Waals surface area contributed by atoms with Crippen LogP contribution in [0.2, 0.25) is 0 Å². The summed E-state index contributed by atoms with van der Waals surface area (Å²) >= 11 is 5.16. The summed E-state index contributed by atoms with van der Waals surface area (Å²) in [5.41, 5.74) is 0.136. The molecule has 0 amide bonds. The van der Waals surface area contributed by atoms with Gasteiger partial charge in [0.2, 0.25) is 0 Å². The molecule has 0 aromatic heterocycles. The summed E-state index contributed by atoms with van der Waals surface area (Å²) in [6.45, 7) is 0.333. The van der Waals surface area contributed by atoms with Gasteiger partial charge in [0, 0.05) is 17.6 Å². The minimum absolute atomic E-state index is 0.00394. The second-order valence-electron chi connectivity index (χ2n) is 2.34. The average molecular weight is 191 g/mol. The van der Waals surface area contributed by atoms with Gasteiger partial charge < -0.3 is 9.84 Å². The van der Waals surface area contributed by atoms with Crippen molar-refractivity contribution in [1.29, 1.82) is 0 Å². The molecule has 1 heterocycles. The first-order valence-electron chi connectivity index (χ1n) is 3.36. The van der Waals surface area contributed by atoms with E-state index in [1.54, 1.807) is 0 Å². The third-order valence-corrected chi connectivity index (χ3v) is 1.83. The molecule has 0 atom stereocenters. The predicted octanol–water partition coefficient (Wildman–Crippen LogP) is 0.553. The fraction of sp³-hybridized carbons (Fsp3) is 0.429. The molecule has 1 aliphatic heterocycles. The topological polar surface area (TPSA) is 63.6 Å². The van der Waals surface area contributed by atoms with Gasteiger partial charge in [-0.05, 0) is 11.6 Å². The molecule has 1 N–H and O–H groups in total. The van der Waals surface area contributed by atoms with Gasteiger partial charge in [-0.15, -0.1) is 0 Å². The highest BCUT2D eigenvalue weighted by Gasteiger charge is 2.22. The maximum absolute atomic E-state index is 10.7. The molecular weight excluding hydrogens is 184 g/mol. The van der Waals surface area contributed by atoms with E-state index in [1.165, 1.54) is 0 Å². The van der Waals surface area contributed by atoms with E-state index in [2.05, 4.69) is 0 Å². The molecule has 0 radical (unpaired) electrons. The van der Waals surface area contributed by atoms with Gasteiger partial charge in [0.25, 0.3) is 5.24 Å². The van der Waals surface area contributed by atoms with Crippen LogP contribution in [0.1, 0.15) is 6.42 Å². The van der Waals surface area contributed by atoms with Crippen LogP contribution >= 0.6 is 11.6 Å². The fourth-order valence-corrected chi connectivity index (χ4v) is 1.17. The molecule has 1 aliphatic rings. The molecule has 4 nitrogen and oxygen atoms in total. The van der Waals surface area contributed by atoms with Crippen molar-refractivity contribution in [3.05, 3.63) is 11.1 Å². The van der Waals surface area contributed by atoms with Crippen molar-refractivity contribution in [3.63, 3.8) is 0 Å². The van der Waals surface area contributed by atoms with Crippen molar-refractivity contribution >= 4 is 22.8 Å². The number of carbonyl (C=O) groups is 2. The molecule has 0 unspecified atom stereocenters. The van der Waals surface area contributed by atoms with Gasteiger partial charge in [0.1, 0.15) is 0 Å². The van der Waals surface area contributed by atoms with E-state index in [9.17, 15) is 9.59 Å². The van der Waals surface area contributed by atoms with Crippen molar-refractivity contribution in [3.8, 4) is 0 Å². The van der Waals surface area contributed by atoms with Crippen molar-refractivity contribution in [2.45, 2.75) is 6.42 Å². The zero-order valence-electron chi connectivity index (χ0n) is 6.17. The first kappa shape index (κ1) is 9.22. The molecule has 0 saturated carbocycles. The molecule has 0 aromatic carbocycles. The van der Waals surface area contributed by atoms with Crippen molar-refractivity contribution in [2.24, 2.45) is 0 Å². The smallest absolute Gasteiger partial charge is 0.332 e. The molecular formula is C7H7ClO4. The van der Waals surface area contributed by atoms with Crippen LogP contribution in [0.3, 0.4) is 0 Å². The Morgan fingerprint density at radius 3 is 2.50 bits per heavy atom. The molecule has 0 spiro atoms. The van der Waals surface area contributed by atoms with E-state index in [1.807, 2.05) is 0 Å². The van der Waals surface area contributed by atoms with Gasteiger partial charge in [-0.25, -0.2) is 4.79 Å². The Labute approximate surface area is 73.8 Å². The number of aliphatic carboxylic acids is 1. The molecule has 1 rings (SSSR count). The van der Waals surface area contributed by atoms with Crippen molar-refractivity contribution in [1.82, 2.24) is 0 Å². The summed E-state index contributed by atoms with van der Waals surface area (Å²) in [5.74, 6) is -1.10. The van der Waals surface area contributed by atoms with E-state index in [0.717, 1.165) is 0 Å². The zero-order valence-corrected chi connectivity index (χ0v) is 6.93. The highest BCUT2D eigenvalue weighted by atomic mass is 35.5. The lowest BCUT2D eigenvalue weighted by Crippen LogP contribution is -2.19. The van der Waals surface area contributed by atoms with E-state index < -0.39 is 11.2 Å². The van der Waals surface area contributed by atoms with E-state index in [0.29, 0.717) is 6.61 Å². The zero-order chi connectivity index (χ0) is 9.14. The Hall–Kier alpha value is -0.870.